The van der Waals surface area contributed by atoms with Gasteiger partial charge < -0.3 is 5.73 Å². The quantitative estimate of drug-likeness (QED) is 0.612. The van der Waals surface area contributed by atoms with E-state index in [1.165, 1.54) is 12.1 Å². The van der Waals surface area contributed by atoms with Crippen molar-refractivity contribution in [1.29, 1.82) is 0 Å². The molecule has 0 atom stereocenters. The summed E-state index contributed by atoms with van der Waals surface area (Å²) in [5.74, 6) is -0.366. The Hall–Kier alpha value is -3.08. The Morgan fingerprint density at radius 1 is 1.00 bits per heavy atom. The van der Waals surface area contributed by atoms with Crippen molar-refractivity contribution in [3.63, 3.8) is 0 Å². The second kappa shape index (κ2) is 5.23. The number of carbonyl (C=O) groups excluding carboxylic acids is 1. The summed E-state index contributed by atoms with van der Waals surface area (Å²) >= 11 is 0. The molecule has 1 aliphatic rings. The number of nitrogens with two attached hydrogens (primary N) is 1. The van der Waals surface area contributed by atoms with Gasteiger partial charge in [0.25, 0.3) is 0 Å². The Kier molecular flexibility index (Phi) is 3.16. The van der Waals surface area contributed by atoms with Crippen molar-refractivity contribution in [3.8, 4) is 22.5 Å². The zero-order valence-corrected chi connectivity index (χ0v) is 13.0. The molecule has 2 aromatic carbocycles. The summed E-state index contributed by atoms with van der Waals surface area (Å²) < 4.78 is 13.2. The monoisotopic (exact) mass is 319 g/mol. The first kappa shape index (κ1) is 14.5. The van der Waals surface area contributed by atoms with Crippen molar-refractivity contribution in [1.82, 2.24) is 9.97 Å². The number of aromatic nitrogens is 2. The van der Waals surface area contributed by atoms with Crippen LogP contribution in [0.1, 0.15) is 28.4 Å². The fraction of sp³-hybridized carbons (Fsp3) is 0.105. The summed E-state index contributed by atoms with van der Waals surface area (Å²) in [6.07, 6.45) is 0.783. The summed E-state index contributed by atoms with van der Waals surface area (Å²) in [6, 6.07) is 11.5. The molecular weight excluding hydrogens is 305 g/mol. The molecule has 118 valence electrons. The van der Waals surface area contributed by atoms with Crippen LogP contribution < -0.4 is 5.73 Å². The van der Waals surface area contributed by atoms with Crippen LogP contribution in [-0.4, -0.2) is 15.8 Å². The van der Waals surface area contributed by atoms with Gasteiger partial charge >= 0.3 is 0 Å². The number of hydrogen-bond acceptors (Lipinski definition) is 4. The van der Waals surface area contributed by atoms with Gasteiger partial charge in [-0.25, -0.2) is 14.4 Å². The highest BCUT2D eigenvalue weighted by Gasteiger charge is 2.33. The highest BCUT2D eigenvalue weighted by Crippen LogP contribution is 2.41. The molecule has 0 bridgehead atoms. The predicted molar refractivity (Wildman–Crippen MR) is 90.1 cm³/mol. The molecule has 0 saturated heterocycles. The van der Waals surface area contributed by atoms with Gasteiger partial charge in [-0.05, 0) is 36.2 Å². The van der Waals surface area contributed by atoms with E-state index in [4.69, 9.17) is 5.73 Å². The standard InChI is InChI=1S/C19H14FN3O/c1-2-10-4-3-5-13-14(10)17-15(18(13)24)16(22-19(21)23-17)11-6-8-12(20)9-7-11/h3-9H,2H2,1H3,(H2,21,22,23). The van der Waals surface area contributed by atoms with Crippen LogP contribution in [0.3, 0.4) is 0 Å². The van der Waals surface area contributed by atoms with E-state index in [1.54, 1.807) is 18.2 Å². The molecule has 4 nitrogen and oxygen atoms in total. The van der Waals surface area contributed by atoms with E-state index in [1.807, 2.05) is 19.1 Å². The Morgan fingerprint density at radius 3 is 2.42 bits per heavy atom. The molecular formula is C19H14FN3O. The molecule has 0 spiro atoms. The maximum absolute atomic E-state index is 13.2. The zero-order chi connectivity index (χ0) is 16.8. The number of halogens is 1. The van der Waals surface area contributed by atoms with E-state index >= 15 is 0 Å². The van der Waals surface area contributed by atoms with Crippen molar-refractivity contribution in [2.24, 2.45) is 0 Å². The Labute approximate surface area is 138 Å². The maximum atomic E-state index is 13.2. The molecule has 1 aliphatic carbocycles. The largest absolute Gasteiger partial charge is 0.368 e. The summed E-state index contributed by atoms with van der Waals surface area (Å²) in [4.78, 5) is 21.5. The molecule has 0 aliphatic heterocycles. The molecule has 3 aromatic rings. The van der Waals surface area contributed by atoms with E-state index in [2.05, 4.69) is 9.97 Å². The van der Waals surface area contributed by atoms with Crippen molar-refractivity contribution >= 4 is 11.7 Å². The minimum atomic E-state index is -0.347. The van der Waals surface area contributed by atoms with Gasteiger partial charge in [-0.3, -0.25) is 4.79 Å². The molecule has 0 unspecified atom stereocenters. The Balaban J connectivity index is 2.04. The van der Waals surface area contributed by atoms with Gasteiger partial charge in [-0.2, -0.15) is 0 Å². The molecule has 24 heavy (non-hydrogen) atoms. The number of aryl methyl sites for hydroxylation is 1. The van der Waals surface area contributed by atoms with Gasteiger partial charge in [-0.15, -0.1) is 0 Å². The summed E-state index contributed by atoms with van der Waals surface area (Å²) in [5.41, 5.74) is 10.5. The summed E-state index contributed by atoms with van der Waals surface area (Å²) in [5, 5.41) is 0. The highest BCUT2D eigenvalue weighted by molar-refractivity contribution is 6.24. The summed E-state index contributed by atoms with van der Waals surface area (Å²) in [6.45, 7) is 2.03. The van der Waals surface area contributed by atoms with Crippen LogP contribution in [-0.2, 0) is 6.42 Å². The van der Waals surface area contributed by atoms with Gasteiger partial charge in [0.2, 0.25) is 5.95 Å². The Morgan fingerprint density at radius 2 is 1.71 bits per heavy atom. The number of hydrogen-bond donors (Lipinski definition) is 1. The van der Waals surface area contributed by atoms with Gasteiger partial charge in [-0.1, -0.05) is 25.1 Å². The average molecular weight is 319 g/mol. The van der Waals surface area contributed by atoms with Crippen LogP contribution >= 0.6 is 0 Å². The Bertz CT molecular complexity index is 981. The number of nitrogen functional groups attached to an aromatic ring is 1. The number of carbonyl (C=O) groups is 1. The normalized spacial score (nSPS) is 12.2. The minimum Gasteiger partial charge on any atom is -0.368 e. The van der Waals surface area contributed by atoms with Crippen molar-refractivity contribution in [2.75, 3.05) is 5.73 Å². The van der Waals surface area contributed by atoms with E-state index in [0.717, 1.165) is 17.5 Å². The lowest BCUT2D eigenvalue weighted by Crippen LogP contribution is -2.05. The van der Waals surface area contributed by atoms with Crippen LogP contribution in [0.15, 0.2) is 42.5 Å². The molecule has 0 amide bonds. The lowest BCUT2D eigenvalue weighted by molar-refractivity contribution is 0.104. The lowest BCUT2D eigenvalue weighted by Gasteiger charge is -2.09. The summed E-state index contributed by atoms with van der Waals surface area (Å²) in [7, 11) is 0. The third-order valence-corrected chi connectivity index (χ3v) is 4.28. The van der Waals surface area contributed by atoms with Gasteiger partial charge in [0, 0.05) is 16.7 Å². The molecule has 0 radical (unpaired) electrons. The molecule has 1 heterocycles. The van der Waals surface area contributed by atoms with Crippen LogP contribution in [0.2, 0.25) is 0 Å². The van der Waals surface area contributed by atoms with Crippen LogP contribution in [0.25, 0.3) is 22.5 Å². The average Bonchev–Trinajstić information content (AvgIpc) is 2.88. The van der Waals surface area contributed by atoms with E-state index in [-0.39, 0.29) is 17.5 Å². The van der Waals surface area contributed by atoms with Gasteiger partial charge in [0.1, 0.15) is 5.82 Å². The second-order valence-electron chi connectivity index (χ2n) is 5.68. The lowest BCUT2D eigenvalue weighted by atomic mass is 10.0. The van der Waals surface area contributed by atoms with Crippen molar-refractivity contribution in [2.45, 2.75) is 13.3 Å². The molecule has 5 heteroatoms. The number of benzene rings is 2. The topological polar surface area (TPSA) is 68.9 Å². The maximum Gasteiger partial charge on any atom is 0.221 e. The number of fused-ring (bicyclic) bond motifs is 3. The van der Waals surface area contributed by atoms with Crippen LogP contribution in [0.4, 0.5) is 10.3 Å². The molecule has 0 saturated carbocycles. The SMILES string of the molecule is CCc1cccc2c1-c1nc(N)nc(-c3ccc(F)cc3)c1C2=O. The van der Waals surface area contributed by atoms with Crippen molar-refractivity contribution in [3.05, 3.63) is 65.0 Å². The number of rotatable bonds is 2. The second-order valence-corrected chi connectivity index (χ2v) is 5.68. The predicted octanol–water partition coefficient (Wildman–Crippen LogP) is 3.64. The minimum absolute atomic E-state index is 0.0969. The van der Waals surface area contributed by atoms with E-state index in [9.17, 15) is 9.18 Å². The first-order valence-corrected chi connectivity index (χ1v) is 7.70. The fourth-order valence-electron chi connectivity index (χ4n) is 3.19. The zero-order valence-electron chi connectivity index (χ0n) is 13.0. The molecule has 0 fully saturated rings. The molecule has 4 rings (SSSR count). The number of ketones is 1. The third kappa shape index (κ3) is 2.01. The first-order valence-electron chi connectivity index (χ1n) is 7.70. The fourth-order valence-corrected chi connectivity index (χ4v) is 3.19. The number of anilines is 1. The van der Waals surface area contributed by atoms with E-state index in [0.29, 0.717) is 28.1 Å². The van der Waals surface area contributed by atoms with Crippen LogP contribution in [0.5, 0.6) is 0 Å². The first-order chi connectivity index (χ1) is 11.6. The number of nitrogens with zero attached hydrogens (tertiary/aromatic N) is 2. The van der Waals surface area contributed by atoms with Crippen molar-refractivity contribution < 1.29 is 9.18 Å². The molecule has 2 N–H and O–H groups in total. The van der Waals surface area contributed by atoms with Gasteiger partial charge in [0.15, 0.2) is 5.78 Å². The van der Waals surface area contributed by atoms with Gasteiger partial charge in [0.05, 0.1) is 17.0 Å². The van der Waals surface area contributed by atoms with Crippen LogP contribution in [0, 0.1) is 5.82 Å². The smallest absolute Gasteiger partial charge is 0.221 e. The highest BCUT2D eigenvalue weighted by atomic mass is 19.1. The van der Waals surface area contributed by atoms with E-state index < -0.39 is 0 Å². The molecule has 1 aromatic heterocycles. The third-order valence-electron chi connectivity index (χ3n) is 4.28.